The van der Waals surface area contributed by atoms with Crippen molar-refractivity contribution in [3.05, 3.63) is 29.8 Å². The Kier molecular flexibility index (Phi) is 4.71. The molecule has 3 nitrogen and oxygen atoms in total. The van der Waals surface area contributed by atoms with Crippen molar-refractivity contribution in [2.45, 2.75) is 17.7 Å². The van der Waals surface area contributed by atoms with Crippen LogP contribution in [0.1, 0.15) is 17.2 Å². The van der Waals surface area contributed by atoms with Gasteiger partial charge in [-0.05, 0) is 17.9 Å². The number of benzene rings is 1. The SMILES string of the molecule is CS[C@@H]1c2ccccc2N[C@@H]1CC[NH2+]CCO. The van der Waals surface area contributed by atoms with Crippen molar-refractivity contribution >= 4 is 17.4 Å². The number of nitrogens with one attached hydrogen (secondary N) is 1. The van der Waals surface area contributed by atoms with E-state index >= 15 is 0 Å². The summed E-state index contributed by atoms with van der Waals surface area (Å²) in [6.07, 6.45) is 3.32. The predicted molar refractivity (Wildman–Crippen MR) is 73.5 cm³/mol. The number of para-hydroxylation sites is 1. The molecule has 4 heteroatoms. The van der Waals surface area contributed by atoms with Crippen molar-refractivity contribution in [2.24, 2.45) is 0 Å². The molecule has 1 aromatic carbocycles. The molecule has 0 aromatic heterocycles. The molecule has 1 aromatic rings. The first-order chi connectivity index (χ1) is 8.36. The number of rotatable bonds is 6. The van der Waals surface area contributed by atoms with E-state index in [2.05, 4.69) is 41.2 Å². The van der Waals surface area contributed by atoms with Crippen molar-refractivity contribution in [1.82, 2.24) is 0 Å². The van der Waals surface area contributed by atoms with Crippen molar-refractivity contribution in [3.63, 3.8) is 0 Å². The van der Waals surface area contributed by atoms with E-state index in [1.807, 2.05) is 11.8 Å². The fourth-order valence-electron chi connectivity index (χ4n) is 2.42. The normalized spacial score (nSPS) is 22.2. The maximum atomic E-state index is 8.75. The Morgan fingerprint density at radius 2 is 2.18 bits per heavy atom. The van der Waals surface area contributed by atoms with Crippen LogP contribution in [0.15, 0.2) is 24.3 Å². The van der Waals surface area contributed by atoms with E-state index in [0.29, 0.717) is 11.3 Å². The van der Waals surface area contributed by atoms with E-state index in [4.69, 9.17) is 5.11 Å². The topological polar surface area (TPSA) is 48.9 Å². The van der Waals surface area contributed by atoms with Gasteiger partial charge < -0.3 is 15.7 Å². The first-order valence-corrected chi connectivity index (χ1v) is 7.46. The van der Waals surface area contributed by atoms with Crippen LogP contribution < -0.4 is 10.6 Å². The second-order valence-electron chi connectivity index (χ2n) is 4.37. The highest BCUT2D eigenvalue weighted by molar-refractivity contribution is 7.98. The molecule has 2 atom stereocenters. The summed E-state index contributed by atoms with van der Waals surface area (Å²) in [6, 6.07) is 9.11. The van der Waals surface area contributed by atoms with Gasteiger partial charge in [0.15, 0.2) is 0 Å². The van der Waals surface area contributed by atoms with Crippen molar-refractivity contribution in [3.8, 4) is 0 Å². The molecule has 0 saturated carbocycles. The van der Waals surface area contributed by atoms with Crippen LogP contribution in [0, 0.1) is 0 Å². The van der Waals surface area contributed by atoms with Gasteiger partial charge in [0.25, 0.3) is 0 Å². The fourth-order valence-corrected chi connectivity index (χ4v) is 3.41. The quantitative estimate of drug-likeness (QED) is 0.658. The van der Waals surface area contributed by atoms with Gasteiger partial charge in [0.2, 0.25) is 0 Å². The molecule has 94 valence electrons. The maximum absolute atomic E-state index is 8.75. The number of aliphatic hydroxyl groups is 1. The summed E-state index contributed by atoms with van der Waals surface area (Å²) in [7, 11) is 0. The number of thioether (sulfide) groups is 1. The largest absolute Gasteiger partial charge is 0.391 e. The number of aliphatic hydroxyl groups excluding tert-OH is 1. The fraction of sp³-hybridized carbons (Fsp3) is 0.538. The number of hydrogen-bond acceptors (Lipinski definition) is 3. The van der Waals surface area contributed by atoms with Gasteiger partial charge in [-0.25, -0.2) is 0 Å². The van der Waals surface area contributed by atoms with Crippen molar-refractivity contribution in [1.29, 1.82) is 0 Å². The Hall–Kier alpha value is -0.710. The second-order valence-corrected chi connectivity index (χ2v) is 5.35. The third-order valence-corrected chi connectivity index (χ3v) is 4.33. The van der Waals surface area contributed by atoms with Gasteiger partial charge in [-0.15, -0.1) is 0 Å². The Balaban J connectivity index is 1.93. The molecule has 0 fully saturated rings. The van der Waals surface area contributed by atoms with E-state index in [-0.39, 0.29) is 6.61 Å². The zero-order chi connectivity index (χ0) is 12.1. The standard InChI is InChI=1S/C13H20N2OS/c1-17-13-10-4-2-3-5-11(10)15-12(13)6-7-14-8-9-16/h2-5,12-16H,6-9H2,1H3/p+1/t12-,13-/m1/s1. The Morgan fingerprint density at radius 1 is 1.35 bits per heavy atom. The Morgan fingerprint density at radius 3 is 2.94 bits per heavy atom. The lowest BCUT2D eigenvalue weighted by Crippen LogP contribution is -2.85. The van der Waals surface area contributed by atoms with Crippen LogP contribution in [0.4, 0.5) is 5.69 Å². The van der Waals surface area contributed by atoms with Gasteiger partial charge in [-0.3, -0.25) is 0 Å². The minimum atomic E-state index is 0.268. The van der Waals surface area contributed by atoms with Crippen LogP contribution >= 0.6 is 11.8 Å². The van der Waals surface area contributed by atoms with Crippen LogP contribution in [0.2, 0.25) is 0 Å². The van der Waals surface area contributed by atoms with Gasteiger partial charge in [0.05, 0.1) is 24.9 Å². The summed E-state index contributed by atoms with van der Waals surface area (Å²) >= 11 is 1.92. The molecular formula is C13H21N2OS+. The summed E-state index contributed by atoms with van der Waals surface area (Å²) in [6.45, 7) is 2.15. The summed E-state index contributed by atoms with van der Waals surface area (Å²) in [4.78, 5) is 0. The van der Waals surface area contributed by atoms with E-state index in [9.17, 15) is 0 Å². The lowest BCUT2D eigenvalue weighted by atomic mass is 10.1. The number of nitrogens with two attached hydrogens (primary N) is 1. The smallest absolute Gasteiger partial charge is 0.0990 e. The molecule has 1 heterocycles. The average Bonchev–Trinajstić information content (AvgIpc) is 2.72. The van der Waals surface area contributed by atoms with Crippen LogP contribution in [0.3, 0.4) is 0 Å². The first-order valence-electron chi connectivity index (χ1n) is 6.17. The van der Waals surface area contributed by atoms with E-state index in [1.54, 1.807) is 0 Å². The van der Waals surface area contributed by atoms with Crippen molar-refractivity contribution < 1.29 is 10.4 Å². The van der Waals surface area contributed by atoms with E-state index < -0.39 is 0 Å². The molecule has 1 aliphatic heterocycles. The molecule has 0 amide bonds. The molecule has 0 saturated heterocycles. The molecule has 0 spiro atoms. The highest BCUT2D eigenvalue weighted by Gasteiger charge is 2.30. The van der Waals surface area contributed by atoms with Gasteiger partial charge in [0.1, 0.15) is 0 Å². The zero-order valence-corrected chi connectivity index (χ0v) is 11.0. The molecule has 0 aliphatic carbocycles. The Bertz CT molecular complexity index is 359. The second kappa shape index (κ2) is 6.28. The molecule has 17 heavy (non-hydrogen) atoms. The number of fused-ring (bicyclic) bond motifs is 1. The summed E-state index contributed by atoms with van der Waals surface area (Å²) < 4.78 is 0. The number of anilines is 1. The highest BCUT2D eigenvalue weighted by atomic mass is 32.2. The number of quaternary nitrogens is 1. The summed E-state index contributed by atoms with van der Waals surface area (Å²) in [5, 5.41) is 15.1. The lowest BCUT2D eigenvalue weighted by molar-refractivity contribution is -0.656. The minimum Gasteiger partial charge on any atom is -0.391 e. The average molecular weight is 253 g/mol. The first kappa shape index (κ1) is 12.7. The highest BCUT2D eigenvalue weighted by Crippen LogP contribution is 2.42. The molecule has 0 bridgehead atoms. The predicted octanol–water partition coefficient (Wildman–Crippen LogP) is 0.831. The zero-order valence-electron chi connectivity index (χ0n) is 10.2. The van der Waals surface area contributed by atoms with Crippen LogP contribution in [0.5, 0.6) is 0 Å². The van der Waals surface area contributed by atoms with E-state index in [1.165, 1.54) is 11.3 Å². The minimum absolute atomic E-state index is 0.268. The molecular weight excluding hydrogens is 232 g/mol. The molecule has 2 rings (SSSR count). The van der Waals surface area contributed by atoms with Gasteiger partial charge >= 0.3 is 0 Å². The molecule has 4 N–H and O–H groups in total. The van der Waals surface area contributed by atoms with Crippen LogP contribution in [-0.4, -0.2) is 37.1 Å². The van der Waals surface area contributed by atoms with Crippen LogP contribution in [-0.2, 0) is 0 Å². The molecule has 0 unspecified atom stereocenters. The third-order valence-electron chi connectivity index (χ3n) is 3.24. The molecule has 0 radical (unpaired) electrons. The van der Waals surface area contributed by atoms with E-state index in [0.717, 1.165) is 19.5 Å². The van der Waals surface area contributed by atoms with Crippen LogP contribution in [0.25, 0.3) is 0 Å². The van der Waals surface area contributed by atoms with Gasteiger partial charge in [-0.2, -0.15) is 11.8 Å². The lowest BCUT2D eigenvalue weighted by Gasteiger charge is -2.17. The summed E-state index contributed by atoms with van der Waals surface area (Å²) in [5.41, 5.74) is 2.73. The van der Waals surface area contributed by atoms with Gasteiger partial charge in [0, 0.05) is 18.2 Å². The number of hydrogen-bond donors (Lipinski definition) is 3. The van der Waals surface area contributed by atoms with Gasteiger partial charge in [-0.1, -0.05) is 18.2 Å². The van der Waals surface area contributed by atoms with Crippen molar-refractivity contribution in [2.75, 3.05) is 31.3 Å². The maximum Gasteiger partial charge on any atom is 0.0990 e. The Labute approximate surface area is 107 Å². The monoisotopic (exact) mass is 253 g/mol. The summed E-state index contributed by atoms with van der Waals surface area (Å²) in [5.74, 6) is 0. The third kappa shape index (κ3) is 2.94. The molecule has 1 aliphatic rings.